The van der Waals surface area contributed by atoms with Gasteiger partial charge in [0.1, 0.15) is 73.2 Å². The lowest BCUT2D eigenvalue weighted by molar-refractivity contribution is -0.379. The average Bonchev–Trinajstić information content (AvgIpc) is 2.21. The number of aliphatic hydroxyl groups excluding tert-OH is 11. The highest BCUT2D eigenvalue weighted by Crippen LogP contribution is 2.33. The molecule has 19 nitrogen and oxygen atoms in total. The zero-order valence-electron chi connectivity index (χ0n) is 52.3. The van der Waals surface area contributed by atoms with Gasteiger partial charge in [-0.1, -0.05) is 196 Å². The summed E-state index contributed by atoms with van der Waals surface area (Å²) in [6, 6.07) is -1.01. The van der Waals surface area contributed by atoms with Gasteiger partial charge in [0, 0.05) is 6.42 Å². The molecule has 0 aromatic rings. The number of nitrogens with one attached hydrogen (secondary N) is 1. The summed E-state index contributed by atoms with van der Waals surface area (Å²) in [6.07, 6.45) is 33.0. The minimum Gasteiger partial charge on any atom is -0.394 e. The molecule has 17 unspecified atom stereocenters. The van der Waals surface area contributed by atoms with Crippen LogP contribution in [0.2, 0.25) is 0 Å². The number of carbonyl (C=O) groups is 1. The Morgan fingerprint density at radius 3 is 1.24 bits per heavy atom. The molecule has 0 saturated carbocycles. The van der Waals surface area contributed by atoms with Crippen LogP contribution in [0.1, 0.15) is 213 Å². The Labute approximate surface area is 515 Å². The Morgan fingerprint density at radius 1 is 0.419 bits per heavy atom. The van der Waals surface area contributed by atoms with E-state index in [1.54, 1.807) is 6.08 Å². The summed E-state index contributed by atoms with van der Waals surface area (Å²) in [5.74, 6) is -0.304. The Bertz CT molecular complexity index is 1850. The van der Waals surface area contributed by atoms with E-state index in [0.717, 1.165) is 77.0 Å². The van der Waals surface area contributed by atoms with Crippen LogP contribution >= 0.6 is 0 Å². The van der Waals surface area contributed by atoms with E-state index in [-0.39, 0.29) is 18.9 Å². The maximum Gasteiger partial charge on any atom is 0.220 e. The molecule has 1 amide bonds. The molecule has 12 N–H and O–H groups in total. The van der Waals surface area contributed by atoms with Gasteiger partial charge in [0.25, 0.3) is 0 Å². The van der Waals surface area contributed by atoms with Gasteiger partial charge in [0.2, 0.25) is 5.91 Å². The molecule has 19 heteroatoms. The summed E-state index contributed by atoms with van der Waals surface area (Å²) in [7, 11) is 0. The van der Waals surface area contributed by atoms with Crippen molar-refractivity contribution >= 4 is 5.91 Å². The van der Waals surface area contributed by atoms with Crippen molar-refractivity contribution in [3.63, 3.8) is 0 Å². The number of unbranched alkanes of at least 4 members (excludes halogenated alkanes) is 23. The van der Waals surface area contributed by atoms with Crippen LogP contribution in [0, 0.1) is 0 Å². The summed E-state index contributed by atoms with van der Waals surface area (Å²) in [5, 5.41) is 120. The summed E-state index contributed by atoms with van der Waals surface area (Å²) in [4.78, 5) is 13.4. The zero-order valence-corrected chi connectivity index (χ0v) is 52.3. The van der Waals surface area contributed by atoms with Gasteiger partial charge in [0.15, 0.2) is 18.9 Å². The molecule has 498 valence electrons. The lowest BCUT2D eigenvalue weighted by Gasteiger charge is -2.48. The zero-order chi connectivity index (χ0) is 62.6. The highest BCUT2D eigenvalue weighted by atomic mass is 16.8. The fourth-order valence-electron chi connectivity index (χ4n) is 10.8. The Morgan fingerprint density at radius 2 is 0.779 bits per heavy atom. The van der Waals surface area contributed by atoms with Crippen molar-refractivity contribution in [3.8, 4) is 0 Å². The van der Waals surface area contributed by atoms with E-state index in [0.29, 0.717) is 12.8 Å². The molecule has 0 aliphatic carbocycles. The normalized spacial score (nSPS) is 29.2. The molecule has 86 heavy (non-hydrogen) atoms. The van der Waals surface area contributed by atoms with E-state index >= 15 is 0 Å². The number of hydrogen-bond acceptors (Lipinski definition) is 18. The lowest BCUT2D eigenvalue weighted by atomic mass is 9.96. The smallest absolute Gasteiger partial charge is 0.220 e. The second-order valence-corrected chi connectivity index (χ2v) is 23.6. The van der Waals surface area contributed by atoms with Crippen LogP contribution in [-0.4, -0.2) is 193 Å². The van der Waals surface area contributed by atoms with Gasteiger partial charge in [-0.05, 0) is 83.5 Å². The van der Waals surface area contributed by atoms with Gasteiger partial charge in [-0.25, -0.2) is 0 Å². The second-order valence-electron chi connectivity index (χ2n) is 23.6. The highest BCUT2D eigenvalue weighted by Gasteiger charge is 2.53. The molecule has 3 aliphatic heterocycles. The van der Waals surface area contributed by atoms with E-state index in [9.17, 15) is 61.0 Å². The first-order chi connectivity index (χ1) is 41.8. The summed E-state index contributed by atoms with van der Waals surface area (Å²) < 4.78 is 34.3. The third-order valence-corrected chi connectivity index (χ3v) is 16.2. The van der Waals surface area contributed by atoms with Crippen LogP contribution in [0.4, 0.5) is 0 Å². The molecule has 3 heterocycles. The van der Waals surface area contributed by atoms with Gasteiger partial charge in [0.05, 0.1) is 38.6 Å². The van der Waals surface area contributed by atoms with Crippen molar-refractivity contribution in [1.29, 1.82) is 0 Å². The highest BCUT2D eigenvalue weighted by molar-refractivity contribution is 5.76. The number of hydrogen-bond donors (Lipinski definition) is 12. The molecule has 3 rings (SSSR count). The molecular formula is C67H117NO18. The minimum atomic E-state index is -1.99. The minimum absolute atomic E-state index is 0.214. The number of amides is 1. The molecule has 0 aromatic carbocycles. The first-order valence-corrected chi connectivity index (χ1v) is 33.2. The standard InChI is InChI=1S/C67H117NO18/c1-3-5-7-9-11-13-15-17-19-21-23-25-27-29-31-33-35-37-39-41-43-45-55(73)68-50(51(72)44-42-40-38-36-34-32-30-28-26-24-22-20-18-16-14-12-10-8-6-4-2)49-81-65-61(79)58(76)63(53(47-70)83-65)86-67-62(80)59(77)64(54(48-71)84-67)85-66-60(78)57(75)56(74)52(46-69)82-66/h15,17,21,23,26-29,34,36,42,44,50-54,56-67,69-72,74-80H,3-14,16,18-20,22,24-25,30-33,35,37-41,43,45-49H2,1-2H3,(H,68,73)/b17-15-,23-21-,28-26+,29-27-,36-34+,44-42+. The number of rotatable bonds is 49. The first-order valence-electron chi connectivity index (χ1n) is 33.2. The molecule has 3 aliphatic rings. The molecule has 3 fully saturated rings. The van der Waals surface area contributed by atoms with Crippen molar-refractivity contribution in [2.75, 3.05) is 26.4 Å². The fraction of sp³-hybridized carbons (Fsp3) is 0.806. The number of ether oxygens (including phenoxy) is 6. The predicted molar refractivity (Wildman–Crippen MR) is 332 cm³/mol. The van der Waals surface area contributed by atoms with E-state index in [2.05, 4.69) is 79.9 Å². The van der Waals surface area contributed by atoms with E-state index in [1.807, 2.05) is 6.08 Å². The second kappa shape index (κ2) is 49.0. The Balaban J connectivity index is 1.50. The number of allylic oxidation sites excluding steroid dienone is 11. The van der Waals surface area contributed by atoms with Crippen LogP contribution in [0.5, 0.6) is 0 Å². The van der Waals surface area contributed by atoms with Crippen molar-refractivity contribution in [1.82, 2.24) is 5.32 Å². The monoisotopic (exact) mass is 1220 g/mol. The molecule has 0 aromatic heterocycles. The molecule has 0 bridgehead atoms. The fourth-order valence-corrected chi connectivity index (χ4v) is 10.8. The van der Waals surface area contributed by atoms with Crippen LogP contribution in [0.15, 0.2) is 72.9 Å². The molecular weight excluding hydrogens is 1110 g/mol. The first kappa shape index (κ1) is 77.5. The molecule has 3 saturated heterocycles. The van der Waals surface area contributed by atoms with Gasteiger partial charge in [-0.3, -0.25) is 4.79 Å². The molecule has 17 atom stereocenters. The van der Waals surface area contributed by atoms with Gasteiger partial charge < -0.3 is 89.9 Å². The number of carbonyl (C=O) groups excluding carboxylic acids is 1. The molecule has 0 radical (unpaired) electrons. The van der Waals surface area contributed by atoms with Crippen LogP contribution in [-0.2, 0) is 33.2 Å². The quantitative estimate of drug-likeness (QED) is 0.0204. The van der Waals surface area contributed by atoms with Crippen LogP contribution < -0.4 is 5.32 Å². The van der Waals surface area contributed by atoms with Gasteiger partial charge in [-0.2, -0.15) is 0 Å². The summed E-state index contributed by atoms with van der Waals surface area (Å²) in [6.45, 7) is 1.67. The van der Waals surface area contributed by atoms with Crippen LogP contribution in [0.3, 0.4) is 0 Å². The maximum absolute atomic E-state index is 13.4. The topological polar surface area (TPSA) is 307 Å². The average molecular weight is 1220 g/mol. The third kappa shape index (κ3) is 31.3. The lowest BCUT2D eigenvalue weighted by Crippen LogP contribution is -2.66. The van der Waals surface area contributed by atoms with E-state index in [1.165, 1.54) is 103 Å². The summed E-state index contributed by atoms with van der Waals surface area (Å²) >= 11 is 0. The number of aliphatic hydroxyl groups is 11. The Hall–Kier alpha value is -2.77. The van der Waals surface area contributed by atoms with Gasteiger partial charge >= 0.3 is 0 Å². The van der Waals surface area contributed by atoms with Crippen molar-refractivity contribution in [2.24, 2.45) is 0 Å². The maximum atomic E-state index is 13.4. The van der Waals surface area contributed by atoms with Crippen molar-refractivity contribution in [2.45, 2.75) is 317 Å². The van der Waals surface area contributed by atoms with Crippen molar-refractivity contribution in [3.05, 3.63) is 72.9 Å². The predicted octanol–water partition coefficient (Wildman–Crippen LogP) is 7.77. The van der Waals surface area contributed by atoms with Crippen LogP contribution in [0.25, 0.3) is 0 Å². The molecule has 0 spiro atoms. The van der Waals surface area contributed by atoms with E-state index < -0.39 is 124 Å². The van der Waals surface area contributed by atoms with Crippen molar-refractivity contribution < 1.29 is 89.4 Å². The summed E-state index contributed by atoms with van der Waals surface area (Å²) in [5.41, 5.74) is 0. The van der Waals surface area contributed by atoms with E-state index in [4.69, 9.17) is 28.4 Å². The third-order valence-electron chi connectivity index (χ3n) is 16.2. The van der Waals surface area contributed by atoms with Gasteiger partial charge in [-0.15, -0.1) is 0 Å². The largest absolute Gasteiger partial charge is 0.394 e. The SMILES string of the molecule is CCCCCCC/C=C\C/C=C\C/C=C\CCCCCCCCC(=O)NC(COC1OC(CO)C(OC2OC(CO)C(OC3OC(CO)C(O)C(O)C3O)C(O)C2O)C(O)C1O)C(O)/C=C/CC/C=C/CC/C=C/CCCCCCCCCCCC. The Kier molecular flexibility index (Phi) is 44.1.